The minimum Gasteiger partial charge on any atom is -0.375 e. The number of hydrogen-bond acceptors (Lipinski definition) is 4. The van der Waals surface area contributed by atoms with E-state index in [0.29, 0.717) is 30.4 Å². The molecule has 0 saturated carbocycles. The maximum atomic E-state index is 12.6. The smallest absolute Gasteiger partial charge is 0.273 e. The first-order valence-corrected chi connectivity index (χ1v) is 8.55. The first-order valence-electron chi connectivity index (χ1n) is 7.29. The van der Waals surface area contributed by atoms with Crippen molar-refractivity contribution < 1.29 is 9.53 Å². The van der Waals surface area contributed by atoms with Gasteiger partial charge < -0.3 is 9.64 Å². The first kappa shape index (κ1) is 15.5. The number of carbonyl (C=O) groups excluding carboxylic acids is 1. The number of aromatic nitrogens is 1. The zero-order valence-corrected chi connectivity index (χ0v) is 13.9. The highest BCUT2D eigenvalue weighted by molar-refractivity contribution is 7.13. The van der Waals surface area contributed by atoms with E-state index in [0.717, 1.165) is 17.0 Å². The van der Waals surface area contributed by atoms with E-state index in [1.54, 1.807) is 0 Å². The second-order valence-electron chi connectivity index (χ2n) is 5.20. The van der Waals surface area contributed by atoms with Gasteiger partial charge in [-0.05, 0) is 18.6 Å². The van der Waals surface area contributed by atoms with E-state index in [9.17, 15) is 4.79 Å². The predicted octanol–water partition coefficient (Wildman–Crippen LogP) is 3.71. The number of hydrogen-bond donors (Lipinski definition) is 0. The first-order chi connectivity index (χ1) is 10.7. The molecular formula is C16H17ClN2O2S. The maximum Gasteiger partial charge on any atom is 0.273 e. The number of halogens is 1. The molecule has 4 nitrogen and oxygen atoms in total. The van der Waals surface area contributed by atoms with Gasteiger partial charge in [-0.1, -0.05) is 30.7 Å². The second kappa shape index (κ2) is 6.77. The lowest BCUT2D eigenvalue weighted by Gasteiger charge is -2.32. The van der Waals surface area contributed by atoms with Crippen LogP contribution in [-0.2, 0) is 4.74 Å². The summed E-state index contributed by atoms with van der Waals surface area (Å²) in [6.45, 7) is 3.94. The van der Waals surface area contributed by atoms with Crippen LogP contribution in [0.25, 0.3) is 10.6 Å². The number of rotatable bonds is 3. The van der Waals surface area contributed by atoms with Crippen LogP contribution in [0.3, 0.4) is 0 Å². The lowest BCUT2D eigenvalue weighted by atomic mass is 10.2. The van der Waals surface area contributed by atoms with Crippen LogP contribution in [0.1, 0.15) is 23.8 Å². The molecule has 22 heavy (non-hydrogen) atoms. The Morgan fingerprint density at radius 2 is 2.23 bits per heavy atom. The molecule has 0 N–H and O–H groups in total. The molecule has 1 aromatic carbocycles. The van der Waals surface area contributed by atoms with Crippen LogP contribution in [0.2, 0.25) is 5.02 Å². The highest BCUT2D eigenvalue weighted by atomic mass is 35.5. The molecule has 2 heterocycles. The fourth-order valence-corrected chi connectivity index (χ4v) is 3.34. The summed E-state index contributed by atoms with van der Waals surface area (Å²) in [5.41, 5.74) is 1.48. The molecule has 1 aromatic heterocycles. The van der Waals surface area contributed by atoms with Crippen LogP contribution in [0.15, 0.2) is 29.6 Å². The zero-order chi connectivity index (χ0) is 15.5. The molecule has 1 aliphatic rings. The van der Waals surface area contributed by atoms with E-state index >= 15 is 0 Å². The molecular weight excluding hydrogens is 320 g/mol. The largest absolute Gasteiger partial charge is 0.375 e. The minimum atomic E-state index is -0.0155. The fourth-order valence-electron chi connectivity index (χ4n) is 2.41. The molecule has 6 heteroatoms. The van der Waals surface area contributed by atoms with Crippen molar-refractivity contribution in [2.75, 3.05) is 19.7 Å². The van der Waals surface area contributed by atoms with E-state index in [1.807, 2.05) is 34.5 Å². The van der Waals surface area contributed by atoms with Crippen LogP contribution in [0.5, 0.6) is 0 Å². The Morgan fingerprint density at radius 1 is 1.45 bits per heavy atom. The predicted molar refractivity (Wildman–Crippen MR) is 88.5 cm³/mol. The molecule has 116 valence electrons. The molecule has 0 aliphatic carbocycles. The van der Waals surface area contributed by atoms with Gasteiger partial charge in [0, 0.05) is 29.1 Å². The van der Waals surface area contributed by atoms with Gasteiger partial charge in [-0.25, -0.2) is 4.98 Å². The highest BCUT2D eigenvalue weighted by Crippen LogP contribution is 2.26. The summed E-state index contributed by atoms with van der Waals surface area (Å²) in [6, 6.07) is 7.48. The van der Waals surface area contributed by atoms with Crippen molar-refractivity contribution in [2.24, 2.45) is 0 Å². The monoisotopic (exact) mass is 336 g/mol. The van der Waals surface area contributed by atoms with Gasteiger partial charge in [0.25, 0.3) is 5.91 Å². The van der Waals surface area contributed by atoms with Gasteiger partial charge in [0.15, 0.2) is 0 Å². The third-order valence-electron chi connectivity index (χ3n) is 3.70. The van der Waals surface area contributed by atoms with Crippen LogP contribution in [-0.4, -0.2) is 41.6 Å². The number of benzene rings is 1. The van der Waals surface area contributed by atoms with E-state index in [2.05, 4.69) is 11.9 Å². The highest BCUT2D eigenvalue weighted by Gasteiger charge is 2.25. The molecule has 0 radical (unpaired) electrons. The summed E-state index contributed by atoms with van der Waals surface area (Å²) in [5, 5.41) is 3.35. The molecule has 1 aliphatic heterocycles. The van der Waals surface area contributed by atoms with Gasteiger partial charge in [-0.2, -0.15) is 0 Å². The Morgan fingerprint density at radius 3 is 2.95 bits per heavy atom. The Kier molecular flexibility index (Phi) is 4.76. The van der Waals surface area contributed by atoms with Crippen molar-refractivity contribution in [3.05, 3.63) is 40.4 Å². The number of thiazole rings is 1. The van der Waals surface area contributed by atoms with Crippen molar-refractivity contribution in [1.29, 1.82) is 0 Å². The van der Waals surface area contributed by atoms with Crippen LogP contribution >= 0.6 is 22.9 Å². The topological polar surface area (TPSA) is 42.4 Å². The lowest BCUT2D eigenvalue weighted by Crippen LogP contribution is -2.45. The molecule has 1 saturated heterocycles. The molecule has 3 rings (SSSR count). The maximum absolute atomic E-state index is 12.6. The Balaban J connectivity index is 1.75. The normalized spacial score (nSPS) is 18.5. The Bertz CT molecular complexity index is 656. The van der Waals surface area contributed by atoms with Crippen molar-refractivity contribution in [3.8, 4) is 10.6 Å². The third kappa shape index (κ3) is 3.32. The van der Waals surface area contributed by atoms with Crippen molar-refractivity contribution in [1.82, 2.24) is 9.88 Å². The quantitative estimate of drug-likeness (QED) is 0.858. The molecule has 1 fully saturated rings. The molecule has 1 atom stereocenters. The average Bonchev–Trinajstić information content (AvgIpc) is 3.05. The molecule has 0 bridgehead atoms. The summed E-state index contributed by atoms with van der Waals surface area (Å²) in [7, 11) is 0. The summed E-state index contributed by atoms with van der Waals surface area (Å²) >= 11 is 7.37. The van der Waals surface area contributed by atoms with E-state index in [-0.39, 0.29) is 12.0 Å². The Labute approximate surface area is 138 Å². The average molecular weight is 337 g/mol. The van der Waals surface area contributed by atoms with Crippen molar-refractivity contribution in [3.63, 3.8) is 0 Å². The minimum absolute atomic E-state index is 0.0155. The standard InChI is InChI=1S/C16H17ClN2O2S/c1-2-13-9-19(7-8-21-13)16(20)14-10-22-15(18-14)11-3-5-12(17)6-4-11/h3-6,10,13H,2,7-9H2,1H3/t13-/m1/s1. The van der Waals surface area contributed by atoms with Crippen molar-refractivity contribution >= 4 is 28.8 Å². The summed E-state index contributed by atoms with van der Waals surface area (Å²) in [4.78, 5) is 18.9. The fraction of sp³-hybridized carbons (Fsp3) is 0.375. The van der Waals surface area contributed by atoms with Crippen LogP contribution in [0.4, 0.5) is 0 Å². The third-order valence-corrected chi connectivity index (χ3v) is 4.84. The molecule has 0 unspecified atom stereocenters. The van der Waals surface area contributed by atoms with Gasteiger partial charge in [0.1, 0.15) is 10.7 Å². The number of morpholine rings is 1. The van der Waals surface area contributed by atoms with Gasteiger partial charge in [-0.15, -0.1) is 11.3 Å². The summed E-state index contributed by atoms with van der Waals surface area (Å²) < 4.78 is 5.60. The Hall–Kier alpha value is -1.43. The zero-order valence-electron chi connectivity index (χ0n) is 12.3. The van der Waals surface area contributed by atoms with Gasteiger partial charge in [0.05, 0.1) is 12.7 Å². The molecule has 2 aromatic rings. The van der Waals surface area contributed by atoms with Crippen LogP contribution in [0, 0.1) is 0 Å². The van der Waals surface area contributed by atoms with E-state index < -0.39 is 0 Å². The van der Waals surface area contributed by atoms with E-state index in [4.69, 9.17) is 16.3 Å². The number of ether oxygens (including phenoxy) is 1. The van der Waals surface area contributed by atoms with Gasteiger partial charge >= 0.3 is 0 Å². The molecule has 0 spiro atoms. The van der Waals surface area contributed by atoms with Crippen molar-refractivity contribution in [2.45, 2.75) is 19.4 Å². The SMILES string of the molecule is CC[C@@H]1CN(C(=O)c2csc(-c3ccc(Cl)cc3)n2)CCO1. The van der Waals surface area contributed by atoms with Crippen LogP contribution < -0.4 is 0 Å². The molecule has 1 amide bonds. The second-order valence-corrected chi connectivity index (χ2v) is 6.49. The summed E-state index contributed by atoms with van der Waals surface area (Å²) in [5.74, 6) is -0.0155. The van der Waals surface area contributed by atoms with Gasteiger partial charge in [-0.3, -0.25) is 4.79 Å². The van der Waals surface area contributed by atoms with Gasteiger partial charge in [0.2, 0.25) is 0 Å². The number of carbonyl (C=O) groups is 1. The van der Waals surface area contributed by atoms with E-state index in [1.165, 1.54) is 11.3 Å². The number of nitrogens with zero attached hydrogens (tertiary/aromatic N) is 2. The lowest BCUT2D eigenvalue weighted by molar-refractivity contribution is -0.0227. The number of amides is 1. The summed E-state index contributed by atoms with van der Waals surface area (Å²) in [6.07, 6.45) is 1.05.